The van der Waals surface area contributed by atoms with Crippen molar-refractivity contribution in [2.45, 2.75) is 38.4 Å². The highest BCUT2D eigenvalue weighted by Gasteiger charge is 2.33. The van der Waals surface area contributed by atoms with E-state index in [2.05, 4.69) is 10.3 Å². The summed E-state index contributed by atoms with van der Waals surface area (Å²) < 4.78 is 47.8. The standard InChI is InChI=1S/C29H28F3N3O3/c1-38-28(37)20-9-7-18(8-10-20)16-34-27(36)24-15-23(29(30,31)32)14-21-11-13-35(26(21)24)17-22-5-2-4-19-6-3-12-33-25(19)22/h2-6,11-15,18,20H,7-10,16-17H2,1H3,(H,34,36). The van der Waals surface area contributed by atoms with Gasteiger partial charge in [-0.25, -0.2) is 0 Å². The van der Waals surface area contributed by atoms with Gasteiger partial charge in [-0.1, -0.05) is 24.3 Å². The fourth-order valence-corrected chi connectivity index (χ4v) is 5.40. The number of hydrogen-bond donors (Lipinski definition) is 1. The Balaban J connectivity index is 1.43. The summed E-state index contributed by atoms with van der Waals surface area (Å²) in [5, 5.41) is 4.16. The molecule has 1 aliphatic carbocycles. The highest BCUT2D eigenvalue weighted by atomic mass is 19.4. The normalized spacial score (nSPS) is 18.0. The Labute approximate surface area is 217 Å². The number of alkyl halides is 3. The Morgan fingerprint density at radius 3 is 2.55 bits per heavy atom. The number of halogens is 3. The molecule has 198 valence electrons. The number of pyridine rings is 1. The minimum Gasteiger partial charge on any atom is -0.469 e. The molecule has 2 heterocycles. The van der Waals surface area contributed by atoms with E-state index in [-0.39, 0.29) is 23.4 Å². The van der Waals surface area contributed by atoms with Gasteiger partial charge < -0.3 is 14.6 Å². The van der Waals surface area contributed by atoms with Crippen LogP contribution < -0.4 is 5.32 Å². The summed E-state index contributed by atoms with van der Waals surface area (Å²) >= 11 is 0. The van der Waals surface area contributed by atoms with Gasteiger partial charge in [0.15, 0.2) is 0 Å². The van der Waals surface area contributed by atoms with Gasteiger partial charge in [0.25, 0.3) is 5.91 Å². The quantitative estimate of drug-likeness (QED) is 0.316. The van der Waals surface area contributed by atoms with Crippen molar-refractivity contribution in [2.24, 2.45) is 11.8 Å². The average molecular weight is 524 g/mol. The van der Waals surface area contributed by atoms with Gasteiger partial charge in [-0.15, -0.1) is 0 Å². The molecule has 1 fully saturated rings. The van der Waals surface area contributed by atoms with Crippen molar-refractivity contribution >= 4 is 33.7 Å². The third-order valence-electron chi connectivity index (χ3n) is 7.42. The zero-order valence-electron chi connectivity index (χ0n) is 20.9. The second-order valence-corrected chi connectivity index (χ2v) is 9.85. The van der Waals surface area contributed by atoms with Crippen molar-refractivity contribution in [3.8, 4) is 0 Å². The molecule has 6 nitrogen and oxygen atoms in total. The van der Waals surface area contributed by atoms with Gasteiger partial charge >= 0.3 is 12.1 Å². The molecule has 0 radical (unpaired) electrons. The van der Waals surface area contributed by atoms with Crippen LogP contribution in [-0.4, -0.2) is 35.1 Å². The number of nitrogens with one attached hydrogen (secondary N) is 1. The molecule has 1 saturated carbocycles. The number of aromatic nitrogens is 2. The number of carbonyl (C=O) groups is 2. The molecule has 0 spiro atoms. The average Bonchev–Trinajstić information content (AvgIpc) is 3.33. The first kappa shape index (κ1) is 25.8. The number of fused-ring (bicyclic) bond motifs is 2. The summed E-state index contributed by atoms with van der Waals surface area (Å²) in [4.78, 5) is 29.6. The van der Waals surface area contributed by atoms with Crippen molar-refractivity contribution in [2.75, 3.05) is 13.7 Å². The molecule has 9 heteroatoms. The van der Waals surface area contributed by atoms with E-state index >= 15 is 0 Å². The first-order valence-corrected chi connectivity index (χ1v) is 12.6. The summed E-state index contributed by atoms with van der Waals surface area (Å²) in [5.41, 5.74) is 1.26. The van der Waals surface area contributed by atoms with Gasteiger partial charge in [-0.3, -0.25) is 14.6 Å². The fourth-order valence-electron chi connectivity index (χ4n) is 5.40. The zero-order valence-corrected chi connectivity index (χ0v) is 20.9. The SMILES string of the molecule is COC(=O)C1CCC(CNC(=O)c2cc(C(F)(F)F)cc3ccn(Cc4cccc5cccnc45)c23)CC1. The van der Waals surface area contributed by atoms with Crippen molar-refractivity contribution in [1.29, 1.82) is 0 Å². The van der Waals surface area contributed by atoms with E-state index in [4.69, 9.17) is 4.74 Å². The van der Waals surface area contributed by atoms with Crippen LogP contribution in [0.2, 0.25) is 0 Å². The monoisotopic (exact) mass is 523 g/mol. The lowest BCUT2D eigenvalue weighted by Gasteiger charge is -2.27. The first-order valence-electron chi connectivity index (χ1n) is 12.6. The number of carbonyl (C=O) groups excluding carboxylic acids is 2. The topological polar surface area (TPSA) is 73.2 Å². The predicted molar refractivity (Wildman–Crippen MR) is 138 cm³/mol. The summed E-state index contributed by atoms with van der Waals surface area (Å²) in [7, 11) is 1.37. The minimum atomic E-state index is -4.59. The smallest absolute Gasteiger partial charge is 0.416 e. The molecule has 0 bridgehead atoms. The second kappa shape index (κ2) is 10.5. The van der Waals surface area contributed by atoms with Crippen LogP contribution in [0, 0.1) is 11.8 Å². The van der Waals surface area contributed by atoms with Crippen LogP contribution >= 0.6 is 0 Å². The number of rotatable bonds is 6. The molecular formula is C29H28F3N3O3. The Morgan fingerprint density at radius 2 is 1.82 bits per heavy atom. The molecule has 2 aromatic heterocycles. The number of hydrogen-bond acceptors (Lipinski definition) is 4. The molecule has 1 aliphatic rings. The molecule has 38 heavy (non-hydrogen) atoms. The predicted octanol–water partition coefficient (Wildman–Crippen LogP) is 5.97. The summed E-state index contributed by atoms with van der Waals surface area (Å²) in [6, 6.07) is 13.2. The lowest BCUT2D eigenvalue weighted by molar-refractivity contribution is -0.146. The number of nitrogens with zero attached hydrogens (tertiary/aromatic N) is 2. The van der Waals surface area contributed by atoms with Crippen molar-refractivity contribution in [3.63, 3.8) is 0 Å². The maximum absolute atomic E-state index is 13.7. The maximum Gasteiger partial charge on any atom is 0.416 e. The number of ether oxygens (including phenoxy) is 1. The van der Waals surface area contributed by atoms with E-state index in [0.29, 0.717) is 36.8 Å². The van der Waals surface area contributed by atoms with Crippen LogP contribution in [0.5, 0.6) is 0 Å². The van der Waals surface area contributed by atoms with E-state index < -0.39 is 17.6 Å². The molecule has 0 atom stereocenters. The number of benzene rings is 2. The molecule has 0 saturated heterocycles. The highest BCUT2D eigenvalue weighted by Crippen LogP contribution is 2.35. The third kappa shape index (κ3) is 5.23. The Morgan fingerprint density at radius 1 is 1.05 bits per heavy atom. The van der Waals surface area contributed by atoms with Crippen LogP contribution in [-0.2, 0) is 22.3 Å². The molecule has 1 N–H and O–H groups in total. The minimum absolute atomic E-state index is 0.0173. The maximum atomic E-state index is 13.7. The molecule has 2 aromatic carbocycles. The Kier molecular flexibility index (Phi) is 7.10. The third-order valence-corrected chi connectivity index (χ3v) is 7.42. The molecular weight excluding hydrogens is 495 g/mol. The van der Waals surface area contributed by atoms with E-state index in [1.165, 1.54) is 7.11 Å². The molecule has 5 rings (SSSR count). The largest absolute Gasteiger partial charge is 0.469 e. The van der Waals surface area contributed by atoms with Crippen molar-refractivity contribution < 1.29 is 27.5 Å². The summed E-state index contributed by atoms with van der Waals surface area (Å²) in [6.07, 6.45) is 1.64. The lowest BCUT2D eigenvalue weighted by Crippen LogP contribution is -2.33. The number of methoxy groups -OCH3 is 1. The van der Waals surface area contributed by atoms with Gasteiger partial charge in [0.2, 0.25) is 0 Å². The lowest BCUT2D eigenvalue weighted by atomic mass is 9.82. The van der Waals surface area contributed by atoms with E-state index in [0.717, 1.165) is 41.4 Å². The van der Waals surface area contributed by atoms with Crippen molar-refractivity contribution in [3.05, 3.63) is 77.6 Å². The van der Waals surface area contributed by atoms with Gasteiger partial charge in [-0.2, -0.15) is 13.2 Å². The van der Waals surface area contributed by atoms with Gasteiger partial charge in [-0.05, 0) is 61.4 Å². The van der Waals surface area contributed by atoms with Gasteiger partial charge in [0.05, 0.1) is 35.2 Å². The molecule has 1 amide bonds. The number of amides is 1. The zero-order chi connectivity index (χ0) is 26.9. The number of esters is 1. The highest BCUT2D eigenvalue weighted by molar-refractivity contribution is 6.06. The summed E-state index contributed by atoms with van der Waals surface area (Å²) in [5.74, 6) is -0.759. The summed E-state index contributed by atoms with van der Waals surface area (Å²) in [6.45, 7) is 0.680. The van der Waals surface area contributed by atoms with Crippen LogP contribution in [0.3, 0.4) is 0 Å². The Bertz CT molecular complexity index is 1480. The molecule has 4 aromatic rings. The van der Waals surface area contributed by atoms with E-state index in [1.54, 1.807) is 23.0 Å². The van der Waals surface area contributed by atoms with Gasteiger partial charge in [0, 0.05) is 36.3 Å². The second-order valence-electron chi connectivity index (χ2n) is 9.85. The van der Waals surface area contributed by atoms with Crippen LogP contribution in [0.4, 0.5) is 13.2 Å². The Hall–Kier alpha value is -3.88. The molecule has 0 aliphatic heterocycles. The molecule has 0 unspecified atom stereocenters. The fraction of sp³-hybridized carbons (Fsp3) is 0.345. The van der Waals surface area contributed by atoms with E-state index in [9.17, 15) is 22.8 Å². The van der Waals surface area contributed by atoms with Gasteiger partial charge in [0.1, 0.15) is 0 Å². The van der Waals surface area contributed by atoms with Crippen molar-refractivity contribution in [1.82, 2.24) is 14.9 Å². The van der Waals surface area contributed by atoms with E-state index in [1.807, 2.05) is 30.3 Å². The van der Waals surface area contributed by atoms with Crippen LogP contribution in [0.15, 0.2) is 60.9 Å². The first-order chi connectivity index (χ1) is 18.2. The number of para-hydroxylation sites is 1. The van der Waals surface area contributed by atoms with Crippen LogP contribution in [0.25, 0.3) is 21.8 Å². The van der Waals surface area contributed by atoms with Crippen LogP contribution in [0.1, 0.15) is 47.2 Å².